The van der Waals surface area contributed by atoms with E-state index in [1.807, 2.05) is 13.8 Å². The van der Waals surface area contributed by atoms with Crippen LogP contribution in [0.3, 0.4) is 0 Å². The summed E-state index contributed by atoms with van der Waals surface area (Å²) in [5.74, 6) is 0.841. The molecule has 1 amide bonds. The van der Waals surface area contributed by atoms with Crippen LogP contribution in [0.15, 0.2) is 36.4 Å². The first-order valence-corrected chi connectivity index (χ1v) is 7.96. The zero-order chi connectivity index (χ0) is 16.8. The largest absolute Gasteiger partial charge is 0.494 e. The number of rotatable bonds is 6. The third kappa shape index (κ3) is 4.78. The van der Waals surface area contributed by atoms with Crippen molar-refractivity contribution in [3.05, 3.63) is 52.0 Å². The standard InChI is InChI=1S/C17H17Cl2NO3/c1-3-22-13-7-11(8-14(10-13)23-4-2)17(21)20-16-6-5-12(18)9-15(16)19/h5-10H,3-4H2,1-2H3,(H,20,21). The number of hydrogen-bond donors (Lipinski definition) is 1. The summed E-state index contributed by atoms with van der Waals surface area (Å²) >= 11 is 11.9. The molecule has 2 aromatic carbocycles. The summed E-state index contributed by atoms with van der Waals surface area (Å²) in [6, 6.07) is 9.94. The van der Waals surface area contributed by atoms with E-state index >= 15 is 0 Å². The van der Waals surface area contributed by atoms with Crippen molar-refractivity contribution in [3.8, 4) is 11.5 Å². The first-order chi connectivity index (χ1) is 11.0. The van der Waals surface area contributed by atoms with Crippen LogP contribution < -0.4 is 14.8 Å². The Morgan fingerprint density at radius 3 is 2.13 bits per heavy atom. The van der Waals surface area contributed by atoms with Gasteiger partial charge in [-0.05, 0) is 44.2 Å². The van der Waals surface area contributed by atoms with Gasteiger partial charge in [0.15, 0.2) is 0 Å². The minimum absolute atomic E-state index is 0.309. The molecule has 0 aliphatic carbocycles. The average Bonchev–Trinajstić information content (AvgIpc) is 2.50. The van der Waals surface area contributed by atoms with E-state index in [0.29, 0.717) is 46.0 Å². The van der Waals surface area contributed by atoms with Crippen molar-refractivity contribution in [3.63, 3.8) is 0 Å². The van der Waals surface area contributed by atoms with E-state index in [-0.39, 0.29) is 5.91 Å². The summed E-state index contributed by atoms with van der Waals surface area (Å²) in [6.07, 6.45) is 0. The summed E-state index contributed by atoms with van der Waals surface area (Å²) in [4.78, 5) is 12.5. The molecule has 6 heteroatoms. The van der Waals surface area contributed by atoms with E-state index in [9.17, 15) is 4.79 Å². The van der Waals surface area contributed by atoms with Crippen molar-refractivity contribution < 1.29 is 14.3 Å². The third-order valence-corrected chi connectivity index (χ3v) is 3.49. The molecule has 2 aromatic rings. The highest BCUT2D eigenvalue weighted by molar-refractivity contribution is 6.36. The molecule has 23 heavy (non-hydrogen) atoms. The van der Waals surface area contributed by atoms with E-state index in [0.717, 1.165) is 0 Å². The maximum absolute atomic E-state index is 12.5. The highest BCUT2D eigenvalue weighted by Gasteiger charge is 2.12. The normalized spacial score (nSPS) is 10.3. The molecular formula is C17H17Cl2NO3. The first-order valence-electron chi connectivity index (χ1n) is 7.20. The maximum Gasteiger partial charge on any atom is 0.255 e. The van der Waals surface area contributed by atoms with E-state index in [2.05, 4.69) is 5.32 Å². The number of benzene rings is 2. The number of carbonyl (C=O) groups excluding carboxylic acids is 1. The van der Waals surface area contributed by atoms with Crippen LogP contribution in [0.25, 0.3) is 0 Å². The molecule has 4 nitrogen and oxygen atoms in total. The lowest BCUT2D eigenvalue weighted by molar-refractivity contribution is 0.102. The van der Waals surface area contributed by atoms with Crippen LogP contribution in [0.2, 0.25) is 10.0 Å². The molecule has 0 saturated carbocycles. The van der Waals surface area contributed by atoms with Crippen molar-refractivity contribution in [1.29, 1.82) is 0 Å². The Bertz CT molecular complexity index is 680. The molecule has 0 radical (unpaired) electrons. The summed E-state index contributed by atoms with van der Waals surface area (Å²) < 4.78 is 10.9. The molecule has 0 saturated heterocycles. The zero-order valence-corrected chi connectivity index (χ0v) is 14.4. The molecule has 0 bridgehead atoms. The molecular weight excluding hydrogens is 337 g/mol. The molecule has 0 aliphatic heterocycles. The van der Waals surface area contributed by atoms with Gasteiger partial charge < -0.3 is 14.8 Å². The Balaban J connectivity index is 2.26. The minimum Gasteiger partial charge on any atom is -0.494 e. The average molecular weight is 354 g/mol. The molecule has 0 atom stereocenters. The van der Waals surface area contributed by atoms with Gasteiger partial charge >= 0.3 is 0 Å². The fraction of sp³-hybridized carbons (Fsp3) is 0.235. The number of amides is 1. The highest BCUT2D eigenvalue weighted by atomic mass is 35.5. The van der Waals surface area contributed by atoms with Gasteiger partial charge in [-0.1, -0.05) is 23.2 Å². The molecule has 0 unspecified atom stereocenters. The van der Waals surface area contributed by atoms with Crippen molar-refractivity contribution >= 4 is 34.8 Å². The van der Waals surface area contributed by atoms with Crippen molar-refractivity contribution in [2.75, 3.05) is 18.5 Å². The maximum atomic E-state index is 12.5. The van der Waals surface area contributed by atoms with Crippen LogP contribution in [0.5, 0.6) is 11.5 Å². The predicted molar refractivity (Wildman–Crippen MR) is 93.2 cm³/mol. The lowest BCUT2D eigenvalue weighted by atomic mass is 10.1. The van der Waals surface area contributed by atoms with Crippen LogP contribution in [-0.4, -0.2) is 19.1 Å². The number of anilines is 1. The van der Waals surface area contributed by atoms with Gasteiger partial charge in [0.25, 0.3) is 5.91 Å². The second-order valence-corrected chi connectivity index (χ2v) is 5.48. The van der Waals surface area contributed by atoms with Gasteiger partial charge in [-0.3, -0.25) is 4.79 Å². The monoisotopic (exact) mass is 353 g/mol. The molecule has 0 aromatic heterocycles. The van der Waals surface area contributed by atoms with E-state index in [4.69, 9.17) is 32.7 Å². The number of carbonyl (C=O) groups is 1. The number of halogens is 2. The number of hydrogen-bond acceptors (Lipinski definition) is 3. The fourth-order valence-corrected chi connectivity index (χ4v) is 2.44. The molecule has 0 spiro atoms. The number of ether oxygens (including phenoxy) is 2. The van der Waals surface area contributed by atoms with Crippen LogP contribution >= 0.6 is 23.2 Å². The Kier molecular flexibility index (Phi) is 6.13. The van der Waals surface area contributed by atoms with E-state index < -0.39 is 0 Å². The summed E-state index contributed by atoms with van der Waals surface area (Å²) in [7, 11) is 0. The smallest absolute Gasteiger partial charge is 0.255 e. The quantitative estimate of drug-likeness (QED) is 0.790. The number of nitrogens with one attached hydrogen (secondary N) is 1. The molecule has 2 rings (SSSR count). The van der Waals surface area contributed by atoms with Gasteiger partial charge in [0.2, 0.25) is 0 Å². The Hall–Kier alpha value is -1.91. The van der Waals surface area contributed by atoms with Crippen molar-refractivity contribution in [1.82, 2.24) is 0 Å². The van der Waals surface area contributed by atoms with Crippen molar-refractivity contribution in [2.45, 2.75) is 13.8 Å². The minimum atomic E-state index is -0.309. The van der Waals surface area contributed by atoms with Gasteiger partial charge in [-0.2, -0.15) is 0 Å². The predicted octanol–water partition coefficient (Wildman–Crippen LogP) is 5.04. The molecule has 0 heterocycles. The summed E-state index contributed by atoms with van der Waals surface area (Å²) in [5, 5.41) is 3.63. The molecule has 0 aliphatic rings. The van der Waals surface area contributed by atoms with Gasteiger partial charge in [-0.15, -0.1) is 0 Å². The summed E-state index contributed by atoms with van der Waals surface area (Å²) in [5.41, 5.74) is 0.909. The van der Waals surface area contributed by atoms with Crippen LogP contribution in [0.4, 0.5) is 5.69 Å². The van der Waals surface area contributed by atoms with E-state index in [1.54, 1.807) is 36.4 Å². The lowest BCUT2D eigenvalue weighted by Gasteiger charge is -2.12. The fourth-order valence-electron chi connectivity index (χ4n) is 1.99. The molecule has 1 N–H and O–H groups in total. The zero-order valence-electron chi connectivity index (χ0n) is 12.9. The first kappa shape index (κ1) is 17.4. The molecule has 122 valence electrons. The SMILES string of the molecule is CCOc1cc(OCC)cc(C(=O)Nc2ccc(Cl)cc2Cl)c1. The van der Waals surface area contributed by atoms with Gasteiger partial charge in [0.1, 0.15) is 11.5 Å². The second kappa shape index (κ2) is 8.09. The summed E-state index contributed by atoms with van der Waals surface area (Å²) in [6.45, 7) is 4.75. The van der Waals surface area contributed by atoms with Crippen LogP contribution in [-0.2, 0) is 0 Å². The van der Waals surface area contributed by atoms with Crippen LogP contribution in [0, 0.1) is 0 Å². The third-order valence-electron chi connectivity index (χ3n) is 2.94. The van der Waals surface area contributed by atoms with Gasteiger partial charge in [0.05, 0.1) is 23.9 Å². The topological polar surface area (TPSA) is 47.6 Å². The van der Waals surface area contributed by atoms with Crippen LogP contribution in [0.1, 0.15) is 24.2 Å². The Morgan fingerprint density at radius 1 is 1.00 bits per heavy atom. The Labute approximate surface area is 145 Å². The van der Waals surface area contributed by atoms with Gasteiger partial charge in [0, 0.05) is 16.7 Å². The Morgan fingerprint density at radius 2 is 1.61 bits per heavy atom. The van der Waals surface area contributed by atoms with Crippen molar-refractivity contribution in [2.24, 2.45) is 0 Å². The van der Waals surface area contributed by atoms with E-state index in [1.165, 1.54) is 0 Å². The second-order valence-electron chi connectivity index (χ2n) is 4.64. The lowest BCUT2D eigenvalue weighted by Crippen LogP contribution is -2.13. The molecule has 0 fully saturated rings. The highest BCUT2D eigenvalue weighted by Crippen LogP contribution is 2.27. The van der Waals surface area contributed by atoms with Gasteiger partial charge in [-0.25, -0.2) is 0 Å².